The first-order valence-corrected chi connectivity index (χ1v) is 7.48. The molecule has 2 aromatic rings. The Bertz CT molecular complexity index is 597. The van der Waals surface area contributed by atoms with Gasteiger partial charge in [0.2, 0.25) is 0 Å². The highest BCUT2D eigenvalue weighted by molar-refractivity contribution is 5.98. The smallest absolute Gasteiger partial charge is 0.162 e. The molecule has 120 valence electrons. The van der Waals surface area contributed by atoms with Crippen LogP contribution in [-0.4, -0.2) is 25.8 Å². The van der Waals surface area contributed by atoms with Crippen LogP contribution >= 0.6 is 0 Å². The van der Waals surface area contributed by atoms with Crippen LogP contribution in [0.15, 0.2) is 48.5 Å². The summed E-state index contributed by atoms with van der Waals surface area (Å²) in [5, 5.41) is 0. The molecule has 4 heteroatoms. The lowest BCUT2D eigenvalue weighted by Gasteiger charge is -2.04. The lowest BCUT2D eigenvalue weighted by atomic mass is 10.0. The number of benzene rings is 2. The van der Waals surface area contributed by atoms with Gasteiger partial charge in [-0.15, -0.1) is 0 Å². The van der Waals surface area contributed by atoms with Crippen molar-refractivity contribution in [1.82, 2.24) is 0 Å². The zero-order valence-electron chi connectivity index (χ0n) is 13.4. The highest BCUT2D eigenvalue weighted by Gasteiger charge is 2.10. The fraction of sp³-hybridized carbons (Fsp3) is 0.263. The van der Waals surface area contributed by atoms with E-state index in [4.69, 9.17) is 9.47 Å². The van der Waals surface area contributed by atoms with Crippen molar-refractivity contribution >= 4 is 11.6 Å². The topological polar surface area (TPSA) is 52.6 Å². The SMILES string of the molecule is COc1ccc(C(=O)CCCC(=O)c2ccc(OC)cc2)cc1. The average Bonchev–Trinajstić information content (AvgIpc) is 2.61. The monoisotopic (exact) mass is 312 g/mol. The summed E-state index contributed by atoms with van der Waals surface area (Å²) >= 11 is 0. The van der Waals surface area contributed by atoms with E-state index in [1.54, 1.807) is 62.8 Å². The molecule has 0 aliphatic rings. The molecule has 0 atom stereocenters. The van der Waals surface area contributed by atoms with Gasteiger partial charge in [-0.3, -0.25) is 9.59 Å². The van der Waals surface area contributed by atoms with Crippen LogP contribution in [0.3, 0.4) is 0 Å². The number of carbonyl (C=O) groups excluding carboxylic acids is 2. The largest absolute Gasteiger partial charge is 0.497 e. The lowest BCUT2D eigenvalue weighted by Crippen LogP contribution is -2.03. The minimum Gasteiger partial charge on any atom is -0.497 e. The van der Waals surface area contributed by atoms with E-state index >= 15 is 0 Å². The molecular weight excluding hydrogens is 292 g/mol. The number of carbonyl (C=O) groups is 2. The molecule has 0 radical (unpaired) electrons. The highest BCUT2D eigenvalue weighted by Crippen LogP contribution is 2.16. The van der Waals surface area contributed by atoms with Crippen molar-refractivity contribution < 1.29 is 19.1 Å². The molecule has 0 amide bonds. The molecule has 0 spiro atoms. The second-order valence-electron chi connectivity index (χ2n) is 5.16. The number of ketones is 2. The Labute approximate surface area is 136 Å². The molecule has 0 fully saturated rings. The first kappa shape index (κ1) is 16.7. The Hall–Kier alpha value is -2.62. The molecule has 0 unspecified atom stereocenters. The Morgan fingerprint density at radius 1 is 0.696 bits per heavy atom. The predicted octanol–water partition coefficient (Wildman–Crippen LogP) is 3.94. The Morgan fingerprint density at radius 3 is 1.35 bits per heavy atom. The normalized spacial score (nSPS) is 10.2. The molecule has 0 saturated heterocycles. The Kier molecular flexibility index (Phi) is 5.92. The van der Waals surface area contributed by atoms with Crippen LogP contribution in [-0.2, 0) is 0 Å². The number of hydrogen-bond donors (Lipinski definition) is 0. The Morgan fingerprint density at radius 2 is 1.04 bits per heavy atom. The van der Waals surface area contributed by atoms with Crippen molar-refractivity contribution in [3.8, 4) is 11.5 Å². The Balaban J connectivity index is 1.83. The standard InChI is InChI=1S/C19H20O4/c1-22-16-10-6-14(7-11-16)18(20)4-3-5-19(21)15-8-12-17(23-2)13-9-15/h6-13H,3-5H2,1-2H3. The van der Waals surface area contributed by atoms with Crippen LogP contribution in [0.4, 0.5) is 0 Å². The summed E-state index contributed by atoms with van der Waals surface area (Å²) in [5.74, 6) is 1.51. The van der Waals surface area contributed by atoms with E-state index in [2.05, 4.69) is 0 Å². The van der Waals surface area contributed by atoms with E-state index in [1.807, 2.05) is 0 Å². The van der Waals surface area contributed by atoms with E-state index in [9.17, 15) is 9.59 Å². The molecule has 0 bridgehead atoms. The van der Waals surface area contributed by atoms with Crippen LogP contribution in [0.5, 0.6) is 11.5 Å². The number of rotatable bonds is 8. The molecule has 0 aromatic heterocycles. The average molecular weight is 312 g/mol. The number of methoxy groups -OCH3 is 2. The van der Waals surface area contributed by atoms with Crippen LogP contribution < -0.4 is 9.47 Å². The molecule has 0 heterocycles. The van der Waals surface area contributed by atoms with Crippen molar-refractivity contribution in [2.45, 2.75) is 19.3 Å². The second-order valence-corrected chi connectivity index (χ2v) is 5.16. The summed E-state index contributed by atoms with van der Waals surface area (Å²) in [7, 11) is 3.17. The van der Waals surface area contributed by atoms with Crippen LogP contribution in [0.1, 0.15) is 40.0 Å². The van der Waals surface area contributed by atoms with Gasteiger partial charge >= 0.3 is 0 Å². The van der Waals surface area contributed by atoms with Gasteiger partial charge in [0.15, 0.2) is 11.6 Å². The minimum absolute atomic E-state index is 0.0372. The third-order valence-corrected chi connectivity index (χ3v) is 3.63. The quantitative estimate of drug-likeness (QED) is 0.693. The molecule has 0 N–H and O–H groups in total. The van der Waals surface area contributed by atoms with Gasteiger partial charge < -0.3 is 9.47 Å². The zero-order valence-corrected chi connectivity index (χ0v) is 13.4. The van der Waals surface area contributed by atoms with Gasteiger partial charge in [-0.25, -0.2) is 0 Å². The third-order valence-electron chi connectivity index (χ3n) is 3.63. The first-order chi connectivity index (χ1) is 11.1. The van der Waals surface area contributed by atoms with E-state index < -0.39 is 0 Å². The van der Waals surface area contributed by atoms with Gasteiger partial charge in [-0.1, -0.05) is 0 Å². The summed E-state index contributed by atoms with van der Waals surface area (Å²) in [6.07, 6.45) is 1.25. The number of Topliss-reactive ketones (excluding diaryl/α,β-unsaturated/α-hetero) is 2. The molecule has 0 aliphatic heterocycles. The third kappa shape index (κ3) is 4.68. The van der Waals surface area contributed by atoms with Crippen LogP contribution in [0.2, 0.25) is 0 Å². The van der Waals surface area contributed by atoms with Gasteiger partial charge in [0.05, 0.1) is 14.2 Å². The van der Waals surface area contributed by atoms with Crippen molar-refractivity contribution in [2.75, 3.05) is 14.2 Å². The minimum atomic E-state index is 0.0372. The van der Waals surface area contributed by atoms with Gasteiger partial charge in [-0.2, -0.15) is 0 Å². The maximum atomic E-state index is 12.1. The fourth-order valence-electron chi connectivity index (χ4n) is 2.25. The highest BCUT2D eigenvalue weighted by atomic mass is 16.5. The van der Waals surface area contributed by atoms with Gasteiger partial charge in [0.25, 0.3) is 0 Å². The van der Waals surface area contributed by atoms with Gasteiger partial charge in [0.1, 0.15) is 11.5 Å². The van der Waals surface area contributed by atoms with Gasteiger partial charge in [-0.05, 0) is 55.0 Å². The number of ether oxygens (including phenoxy) is 2. The van der Waals surface area contributed by atoms with E-state index in [0.717, 1.165) is 11.5 Å². The molecule has 4 nitrogen and oxygen atoms in total. The van der Waals surface area contributed by atoms with Crippen molar-refractivity contribution in [3.63, 3.8) is 0 Å². The second kappa shape index (κ2) is 8.13. The summed E-state index contributed by atoms with van der Waals surface area (Å²) in [6, 6.07) is 14.0. The molecule has 0 aliphatic carbocycles. The van der Waals surface area contributed by atoms with Crippen molar-refractivity contribution in [1.29, 1.82) is 0 Å². The van der Waals surface area contributed by atoms with E-state index in [-0.39, 0.29) is 11.6 Å². The molecular formula is C19H20O4. The molecule has 2 aromatic carbocycles. The zero-order chi connectivity index (χ0) is 16.7. The molecule has 23 heavy (non-hydrogen) atoms. The maximum absolute atomic E-state index is 12.1. The molecule has 0 saturated carbocycles. The summed E-state index contributed by atoms with van der Waals surface area (Å²) in [5.41, 5.74) is 1.28. The first-order valence-electron chi connectivity index (χ1n) is 7.48. The van der Waals surface area contributed by atoms with Crippen molar-refractivity contribution in [3.05, 3.63) is 59.7 Å². The maximum Gasteiger partial charge on any atom is 0.162 e. The summed E-state index contributed by atoms with van der Waals surface area (Å²) in [4.78, 5) is 24.2. The fourth-order valence-corrected chi connectivity index (χ4v) is 2.25. The van der Waals surface area contributed by atoms with Crippen molar-refractivity contribution in [2.24, 2.45) is 0 Å². The van der Waals surface area contributed by atoms with E-state index in [1.165, 1.54) is 0 Å². The lowest BCUT2D eigenvalue weighted by molar-refractivity contribution is 0.0957. The molecule has 2 rings (SSSR count). The summed E-state index contributed by atoms with van der Waals surface area (Å²) < 4.78 is 10.1. The van der Waals surface area contributed by atoms with Crippen LogP contribution in [0, 0.1) is 0 Å². The predicted molar refractivity (Wildman–Crippen MR) is 88.5 cm³/mol. The van der Waals surface area contributed by atoms with Crippen LogP contribution in [0.25, 0.3) is 0 Å². The number of hydrogen-bond acceptors (Lipinski definition) is 4. The summed E-state index contributed by atoms with van der Waals surface area (Å²) in [6.45, 7) is 0. The van der Waals surface area contributed by atoms with Gasteiger partial charge in [0, 0.05) is 24.0 Å². The van der Waals surface area contributed by atoms with E-state index in [0.29, 0.717) is 30.4 Å².